The van der Waals surface area contributed by atoms with Crippen LogP contribution in [0.3, 0.4) is 0 Å². The molecule has 0 aliphatic carbocycles. The lowest BCUT2D eigenvalue weighted by atomic mass is 10.1. The van der Waals surface area contributed by atoms with Gasteiger partial charge in [-0.3, -0.25) is 0 Å². The summed E-state index contributed by atoms with van der Waals surface area (Å²) >= 11 is 5.66. The predicted octanol–water partition coefficient (Wildman–Crippen LogP) is 5.04. The number of alkyl halides is 1. The van der Waals surface area contributed by atoms with E-state index in [9.17, 15) is 0 Å². The molecule has 0 bridgehead atoms. The molecule has 0 heterocycles. The fourth-order valence-electron chi connectivity index (χ4n) is 1.76. The molecule has 1 atom stereocenters. The van der Waals surface area contributed by atoms with Gasteiger partial charge in [-0.25, -0.2) is 0 Å². The van der Waals surface area contributed by atoms with Crippen molar-refractivity contribution < 1.29 is 0 Å². The van der Waals surface area contributed by atoms with Gasteiger partial charge in [-0.05, 0) is 30.6 Å². The molecule has 1 aromatic rings. The quantitative estimate of drug-likeness (QED) is 0.636. The van der Waals surface area contributed by atoms with Gasteiger partial charge in [0.1, 0.15) is 0 Å². The second-order valence-electron chi connectivity index (χ2n) is 4.31. The van der Waals surface area contributed by atoms with Gasteiger partial charge in [0.05, 0.1) is 0 Å². The van der Waals surface area contributed by atoms with Crippen LogP contribution in [0.2, 0.25) is 0 Å². The van der Waals surface area contributed by atoms with Crippen molar-refractivity contribution in [3.8, 4) is 0 Å². The molecule has 90 valence electrons. The first-order chi connectivity index (χ1) is 7.76. The van der Waals surface area contributed by atoms with Crippen LogP contribution in [0.25, 0.3) is 0 Å². The first-order valence-corrected chi connectivity index (χ1v) is 8.23. The molecule has 0 fully saturated rings. The minimum absolute atomic E-state index is 0.833. The van der Waals surface area contributed by atoms with Crippen molar-refractivity contribution in [2.24, 2.45) is 5.92 Å². The lowest BCUT2D eigenvalue weighted by Gasteiger charge is -2.12. The summed E-state index contributed by atoms with van der Waals surface area (Å²) in [5.41, 5.74) is 2.82. The number of benzene rings is 1. The molecule has 0 saturated heterocycles. The molecule has 1 aromatic carbocycles. The molecule has 16 heavy (non-hydrogen) atoms. The van der Waals surface area contributed by atoms with E-state index in [-0.39, 0.29) is 0 Å². The average Bonchev–Trinajstić information content (AvgIpc) is 2.28. The summed E-state index contributed by atoms with van der Waals surface area (Å²) < 4.78 is 0. The molecule has 0 spiro atoms. The van der Waals surface area contributed by atoms with Crippen LogP contribution < -0.4 is 0 Å². The Hall–Kier alpha value is 0.0500. The highest BCUT2D eigenvalue weighted by Gasteiger charge is 2.05. The van der Waals surface area contributed by atoms with Crippen LogP contribution in [-0.4, -0.2) is 11.1 Å². The van der Waals surface area contributed by atoms with E-state index in [1.165, 1.54) is 29.7 Å². The minimum Gasteiger partial charge on any atom is -0.157 e. The summed E-state index contributed by atoms with van der Waals surface area (Å²) in [6, 6.07) is 8.82. The number of thioether (sulfide) groups is 1. The van der Waals surface area contributed by atoms with Gasteiger partial charge < -0.3 is 0 Å². The van der Waals surface area contributed by atoms with Crippen LogP contribution in [0.1, 0.15) is 30.9 Å². The monoisotopic (exact) mass is 300 g/mol. The standard InChI is InChI=1S/C14H21BrS/c1-3-5-14(9-15)11-16-10-13-7-4-6-12(2)8-13/h4,6-8,14H,3,5,9-11H2,1-2H3. The van der Waals surface area contributed by atoms with E-state index in [4.69, 9.17) is 0 Å². The third-order valence-corrected chi connectivity index (χ3v) is 4.78. The molecule has 0 amide bonds. The Morgan fingerprint density at radius 1 is 1.38 bits per heavy atom. The third-order valence-electron chi connectivity index (χ3n) is 2.62. The first kappa shape index (κ1) is 14.1. The molecule has 0 saturated carbocycles. The van der Waals surface area contributed by atoms with Crippen molar-refractivity contribution in [2.45, 2.75) is 32.4 Å². The lowest BCUT2D eigenvalue weighted by Crippen LogP contribution is -2.04. The molecule has 0 N–H and O–H groups in total. The molecule has 0 aromatic heterocycles. The second kappa shape index (κ2) is 8.19. The summed E-state index contributed by atoms with van der Waals surface area (Å²) in [6.45, 7) is 4.42. The largest absolute Gasteiger partial charge is 0.157 e. The summed E-state index contributed by atoms with van der Waals surface area (Å²) in [5.74, 6) is 3.25. The van der Waals surface area contributed by atoms with Crippen LogP contribution in [-0.2, 0) is 5.75 Å². The van der Waals surface area contributed by atoms with E-state index in [0.717, 1.165) is 17.0 Å². The number of hydrogen-bond donors (Lipinski definition) is 0. The first-order valence-electron chi connectivity index (χ1n) is 5.95. The van der Waals surface area contributed by atoms with Gasteiger partial charge in [0.15, 0.2) is 0 Å². The smallest absolute Gasteiger partial charge is 0.0184 e. The molecule has 2 heteroatoms. The Bertz CT molecular complexity index is 299. The van der Waals surface area contributed by atoms with Crippen molar-refractivity contribution in [1.29, 1.82) is 0 Å². The van der Waals surface area contributed by atoms with Crippen molar-refractivity contribution in [3.63, 3.8) is 0 Å². The van der Waals surface area contributed by atoms with Crippen LogP contribution >= 0.6 is 27.7 Å². The summed E-state index contributed by atoms with van der Waals surface area (Å²) in [6.07, 6.45) is 2.63. The zero-order valence-corrected chi connectivity index (χ0v) is 12.6. The molecular weight excluding hydrogens is 280 g/mol. The van der Waals surface area contributed by atoms with Crippen LogP contribution in [0.5, 0.6) is 0 Å². The van der Waals surface area contributed by atoms with Gasteiger partial charge >= 0.3 is 0 Å². The molecule has 1 unspecified atom stereocenters. The Morgan fingerprint density at radius 2 is 2.19 bits per heavy atom. The average molecular weight is 301 g/mol. The third kappa shape index (κ3) is 5.40. The molecule has 0 aliphatic rings. The van der Waals surface area contributed by atoms with E-state index in [1.807, 2.05) is 0 Å². The number of halogens is 1. The highest BCUT2D eigenvalue weighted by molar-refractivity contribution is 9.09. The molecule has 0 radical (unpaired) electrons. The maximum absolute atomic E-state index is 3.60. The van der Waals surface area contributed by atoms with Crippen molar-refractivity contribution in [3.05, 3.63) is 35.4 Å². The van der Waals surface area contributed by atoms with E-state index in [0.29, 0.717) is 0 Å². The van der Waals surface area contributed by atoms with Crippen molar-refractivity contribution in [1.82, 2.24) is 0 Å². The molecular formula is C14H21BrS. The topological polar surface area (TPSA) is 0 Å². The molecule has 0 nitrogen and oxygen atoms in total. The zero-order chi connectivity index (χ0) is 11.8. The molecule has 1 rings (SSSR count). The van der Waals surface area contributed by atoms with Crippen LogP contribution in [0, 0.1) is 12.8 Å². The fourth-order valence-corrected chi connectivity index (χ4v) is 3.77. The van der Waals surface area contributed by atoms with E-state index in [2.05, 4.69) is 65.8 Å². The molecule has 0 aliphatic heterocycles. The van der Waals surface area contributed by atoms with Gasteiger partial charge in [-0.2, -0.15) is 11.8 Å². The minimum atomic E-state index is 0.833. The Kier molecular flexibility index (Phi) is 7.22. The number of rotatable bonds is 7. The Labute approximate surface area is 112 Å². The lowest BCUT2D eigenvalue weighted by molar-refractivity contribution is 0.597. The maximum atomic E-state index is 3.60. The Morgan fingerprint density at radius 3 is 2.81 bits per heavy atom. The van der Waals surface area contributed by atoms with E-state index < -0.39 is 0 Å². The predicted molar refractivity (Wildman–Crippen MR) is 79.5 cm³/mol. The van der Waals surface area contributed by atoms with Gasteiger partial charge in [-0.1, -0.05) is 59.1 Å². The number of aryl methyl sites for hydroxylation is 1. The summed E-state index contributed by atoms with van der Waals surface area (Å²) in [7, 11) is 0. The zero-order valence-electron chi connectivity index (χ0n) is 10.2. The van der Waals surface area contributed by atoms with Gasteiger partial charge in [-0.15, -0.1) is 0 Å². The summed E-state index contributed by atoms with van der Waals surface area (Å²) in [5, 5.41) is 1.14. The van der Waals surface area contributed by atoms with Crippen molar-refractivity contribution >= 4 is 27.7 Å². The SMILES string of the molecule is CCCC(CBr)CSCc1cccc(C)c1. The highest BCUT2D eigenvalue weighted by Crippen LogP contribution is 2.20. The summed E-state index contributed by atoms with van der Waals surface area (Å²) in [4.78, 5) is 0. The fraction of sp³-hybridized carbons (Fsp3) is 0.571. The van der Waals surface area contributed by atoms with Crippen LogP contribution in [0.15, 0.2) is 24.3 Å². The van der Waals surface area contributed by atoms with E-state index in [1.54, 1.807) is 0 Å². The number of hydrogen-bond acceptors (Lipinski definition) is 1. The second-order valence-corrected chi connectivity index (χ2v) is 5.99. The Balaban J connectivity index is 2.29. The van der Waals surface area contributed by atoms with Crippen molar-refractivity contribution in [2.75, 3.05) is 11.1 Å². The van der Waals surface area contributed by atoms with Gasteiger partial charge in [0.2, 0.25) is 0 Å². The highest BCUT2D eigenvalue weighted by atomic mass is 79.9. The van der Waals surface area contributed by atoms with Gasteiger partial charge in [0.25, 0.3) is 0 Å². The van der Waals surface area contributed by atoms with E-state index >= 15 is 0 Å². The van der Waals surface area contributed by atoms with Crippen LogP contribution in [0.4, 0.5) is 0 Å². The normalized spacial score (nSPS) is 12.7. The van der Waals surface area contributed by atoms with Gasteiger partial charge in [0, 0.05) is 11.1 Å². The maximum Gasteiger partial charge on any atom is 0.0184 e.